The predicted octanol–water partition coefficient (Wildman–Crippen LogP) is 0.520. The number of aliphatic carboxylic acids is 1. The first-order chi connectivity index (χ1) is 6.85. The van der Waals surface area contributed by atoms with Gasteiger partial charge in [0.15, 0.2) is 5.25 Å². The van der Waals surface area contributed by atoms with E-state index in [2.05, 4.69) is 4.72 Å². The van der Waals surface area contributed by atoms with E-state index in [1.807, 2.05) is 13.2 Å². The second kappa shape index (κ2) is 6.34. The zero-order chi connectivity index (χ0) is 12.1. The molecule has 2 atom stereocenters. The Kier molecular flexibility index (Phi) is 6.23. The van der Waals surface area contributed by atoms with Crippen molar-refractivity contribution in [3.63, 3.8) is 0 Å². The van der Waals surface area contributed by atoms with Gasteiger partial charge in [-0.15, -0.1) is 0 Å². The lowest BCUT2D eigenvalue weighted by molar-refractivity contribution is -0.136. The molecule has 0 bridgehead atoms. The summed E-state index contributed by atoms with van der Waals surface area (Å²) in [5.74, 6) is -0.691. The Morgan fingerprint density at radius 3 is 2.40 bits per heavy atom. The molecule has 0 aliphatic carbocycles. The Balaban J connectivity index is 4.55. The van der Waals surface area contributed by atoms with Crippen molar-refractivity contribution in [1.29, 1.82) is 0 Å². The predicted molar refractivity (Wildman–Crippen MR) is 61.6 cm³/mol. The lowest BCUT2D eigenvalue weighted by Gasteiger charge is -2.17. The lowest BCUT2D eigenvalue weighted by Crippen LogP contribution is -2.43. The van der Waals surface area contributed by atoms with Gasteiger partial charge in [-0.05, 0) is 19.6 Å². The summed E-state index contributed by atoms with van der Waals surface area (Å²) in [6.45, 7) is 3.02. The summed E-state index contributed by atoms with van der Waals surface area (Å²) in [4.78, 5) is 10.5. The van der Waals surface area contributed by atoms with Crippen molar-refractivity contribution >= 4 is 27.8 Å². The fourth-order valence-corrected chi connectivity index (χ4v) is 2.91. The standard InChI is InChI=1S/C8H17NO4S2/c1-4-7(5-14-3)9-15(12,13)6(2)8(10)11/h6-7,9H,4-5H2,1-3H3,(H,10,11). The molecule has 15 heavy (non-hydrogen) atoms. The Bertz CT molecular complexity index is 302. The summed E-state index contributed by atoms with van der Waals surface area (Å²) in [6.07, 6.45) is 2.52. The third-order valence-electron chi connectivity index (χ3n) is 2.00. The summed E-state index contributed by atoms with van der Waals surface area (Å²) in [5, 5.41) is 7.20. The second-order valence-corrected chi connectivity index (χ2v) is 6.15. The zero-order valence-electron chi connectivity index (χ0n) is 9.06. The average molecular weight is 255 g/mol. The molecule has 2 unspecified atom stereocenters. The van der Waals surface area contributed by atoms with E-state index in [-0.39, 0.29) is 6.04 Å². The first kappa shape index (κ1) is 14.7. The summed E-state index contributed by atoms with van der Waals surface area (Å²) < 4.78 is 25.4. The smallest absolute Gasteiger partial charge is 0.323 e. The molecule has 5 nitrogen and oxygen atoms in total. The van der Waals surface area contributed by atoms with Crippen LogP contribution in [0.2, 0.25) is 0 Å². The van der Waals surface area contributed by atoms with Crippen LogP contribution < -0.4 is 4.72 Å². The SMILES string of the molecule is CCC(CSC)NS(=O)(=O)C(C)C(=O)O. The topological polar surface area (TPSA) is 83.5 Å². The molecule has 0 amide bonds. The summed E-state index contributed by atoms with van der Waals surface area (Å²) in [6, 6.07) is -0.202. The maximum atomic E-state index is 11.5. The number of carboxylic acids is 1. The van der Waals surface area contributed by atoms with E-state index in [0.717, 1.165) is 6.92 Å². The largest absolute Gasteiger partial charge is 0.480 e. The number of thioether (sulfide) groups is 1. The Labute approximate surface area is 94.7 Å². The molecule has 0 aliphatic rings. The molecule has 0 aromatic heterocycles. The van der Waals surface area contributed by atoms with Crippen LogP contribution in [0.3, 0.4) is 0 Å². The van der Waals surface area contributed by atoms with Gasteiger partial charge in [0.25, 0.3) is 0 Å². The number of rotatable bonds is 7. The quantitative estimate of drug-likeness (QED) is 0.693. The van der Waals surface area contributed by atoms with Gasteiger partial charge in [0, 0.05) is 11.8 Å². The van der Waals surface area contributed by atoms with Crippen LogP contribution in [0.15, 0.2) is 0 Å². The molecular formula is C8H17NO4S2. The third-order valence-corrected chi connectivity index (χ3v) is 4.53. The summed E-state index contributed by atoms with van der Waals surface area (Å²) in [5.41, 5.74) is 0. The second-order valence-electron chi connectivity index (χ2n) is 3.20. The molecule has 0 spiro atoms. The molecule has 0 radical (unpaired) electrons. The third kappa shape index (κ3) is 4.85. The van der Waals surface area contributed by atoms with Gasteiger partial charge >= 0.3 is 5.97 Å². The van der Waals surface area contributed by atoms with Crippen molar-refractivity contribution in [3.8, 4) is 0 Å². The van der Waals surface area contributed by atoms with Crippen LogP contribution in [0.4, 0.5) is 0 Å². The van der Waals surface area contributed by atoms with Crippen molar-refractivity contribution in [3.05, 3.63) is 0 Å². The van der Waals surface area contributed by atoms with Gasteiger partial charge in [0.2, 0.25) is 10.0 Å². The van der Waals surface area contributed by atoms with Gasteiger partial charge in [-0.1, -0.05) is 6.92 Å². The van der Waals surface area contributed by atoms with Crippen molar-refractivity contribution in [2.24, 2.45) is 0 Å². The van der Waals surface area contributed by atoms with Crippen molar-refractivity contribution in [2.75, 3.05) is 12.0 Å². The number of carbonyl (C=O) groups is 1. The molecule has 90 valence electrons. The number of hydrogen-bond acceptors (Lipinski definition) is 4. The Hall–Kier alpha value is -0.270. The molecule has 0 saturated heterocycles. The number of nitrogens with one attached hydrogen (secondary N) is 1. The van der Waals surface area contributed by atoms with Crippen LogP contribution >= 0.6 is 11.8 Å². The fraction of sp³-hybridized carbons (Fsp3) is 0.875. The number of carboxylic acid groups (broad SMARTS) is 1. The molecule has 2 N–H and O–H groups in total. The summed E-state index contributed by atoms with van der Waals surface area (Å²) in [7, 11) is -3.76. The molecule has 0 aliphatic heterocycles. The van der Waals surface area contributed by atoms with Gasteiger partial charge in [0.05, 0.1) is 0 Å². The van der Waals surface area contributed by atoms with E-state index >= 15 is 0 Å². The van der Waals surface area contributed by atoms with Crippen LogP contribution in [0, 0.1) is 0 Å². The highest BCUT2D eigenvalue weighted by Crippen LogP contribution is 2.06. The molecule has 0 fully saturated rings. The van der Waals surface area contributed by atoms with E-state index in [0.29, 0.717) is 12.2 Å². The van der Waals surface area contributed by atoms with Crippen molar-refractivity contribution in [1.82, 2.24) is 4.72 Å². The van der Waals surface area contributed by atoms with E-state index in [1.165, 1.54) is 11.8 Å². The zero-order valence-corrected chi connectivity index (χ0v) is 10.7. The van der Waals surface area contributed by atoms with Gasteiger partial charge in [0.1, 0.15) is 0 Å². The van der Waals surface area contributed by atoms with Crippen LogP contribution in [-0.2, 0) is 14.8 Å². The van der Waals surface area contributed by atoms with Crippen LogP contribution in [0.25, 0.3) is 0 Å². The Morgan fingerprint density at radius 1 is 1.53 bits per heavy atom. The first-order valence-corrected chi connectivity index (χ1v) is 7.52. The minimum Gasteiger partial charge on any atom is -0.480 e. The van der Waals surface area contributed by atoms with Crippen molar-refractivity contribution < 1.29 is 18.3 Å². The minimum atomic E-state index is -3.76. The summed E-state index contributed by atoms with van der Waals surface area (Å²) >= 11 is 1.52. The number of sulfonamides is 1. The van der Waals surface area contributed by atoms with Gasteiger partial charge in [-0.3, -0.25) is 4.79 Å². The van der Waals surface area contributed by atoms with Crippen LogP contribution in [-0.4, -0.2) is 42.8 Å². The normalized spacial score (nSPS) is 15.9. The molecule has 0 aromatic rings. The Morgan fingerprint density at radius 2 is 2.07 bits per heavy atom. The maximum absolute atomic E-state index is 11.5. The monoisotopic (exact) mass is 255 g/mol. The molecular weight excluding hydrogens is 238 g/mol. The molecule has 0 heterocycles. The molecule has 7 heteroatoms. The minimum absolute atomic E-state index is 0.202. The molecule has 0 aromatic carbocycles. The van der Waals surface area contributed by atoms with Gasteiger partial charge in [-0.2, -0.15) is 11.8 Å². The van der Waals surface area contributed by atoms with E-state index in [4.69, 9.17) is 5.11 Å². The van der Waals surface area contributed by atoms with Crippen LogP contribution in [0.5, 0.6) is 0 Å². The number of hydrogen-bond donors (Lipinski definition) is 2. The lowest BCUT2D eigenvalue weighted by atomic mass is 10.3. The van der Waals surface area contributed by atoms with E-state index < -0.39 is 21.2 Å². The average Bonchev–Trinajstić information content (AvgIpc) is 2.15. The van der Waals surface area contributed by atoms with Gasteiger partial charge < -0.3 is 5.11 Å². The maximum Gasteiger partial charge on any atom is 0.323 e. The molecule has 0 rings (SSSR count). The highest BCUT2D eigenvalue weighted by atomic mass is 32.2. The fourth-order valence-electron chi connectivity index (χ4n) is 0.903. The highest BCUT2D eigenvalue weighted by molar-refractivity contribution is 7.98. The first-order valence-electron chi connectivity index (χ1n) is 4.58. The molecule has 0 saturated carbocycles. The van der Waals surface area contributed by atoms with E-state index in [1.54, 1.807) is 0 Å². The van der Waals surface area contributed by atoms with E-state index in [9.17, 15) is 13.2 Å². The van der Waals surface area contributed by atoms with Gasteiger partial charge in [-0.25, -0.2) is 13.1 Å². The van der Waals surface area contributed by atoms with Crippen LogP contribution in [0.1, 0.15) is 20.3 Å². The highest BCUT2D eigenvalue weighted by Gasteiger charge is 2.29. The van der Waals surface area contributed by atoms with Crippen molar-refractivity contribution in [2.45, 2.75) is 31.6 Å².